The van der Waals surface area contributed by atoms with Crippen molar-refractivity contribution in [3.63, 3.8) is 0 Å². The molecule has 8 heteroatoms. The number of hydrogen-bond donors (Lipinski definition) is 0. The minimum atomic E-state index is -1.12. The number of rotatable bonds is 8. The first-order valence-electron chi connectivity index (χ1n) is 8.57. The first-order valence-corrected chi connectivity index (χ1v) is 13.4. The van der Waals surface area contributed by atoms with E-state index in [2.05, 4.69) is 52.3 Å². The Hall–Kier alpha value is -1.00. The van der Waals surface area contributed by atoms with Gasteiger partial charge in [0.25, 0.3) is 0 Å². The lowest BCUT2D eigenvalue weighted by Crippen LogP contribution is -2.22. The highest BCUT2D eigenvalue weighted by molar-refractivity contribution is 14.1. The Labute approximate surface area is 163 Å². The number of aromatic nitrogens is 3. The van der Waals surface area contributed by atoms with Crippen LogP contribution in [0.25, 0.3) is 11.0 Å². The van der Waals surface area contributed by atoms with Crippen LogP contribution in [0.4, 0.5) is 0 Å². The van der Waals surface area contributed by atoms with Crippen LogP contribution in [-0.4, -0.2) is 42.0 Å². The third kappa shape index (κ3) is 5.01. The molecule has 2 aromatic heterocycles. The molecule has 0 fully saturated rings. The van der Waals surface area contributed by atoms with E-state index in [0.717, 1.165) is 20.7 Å². The molecule has 0 saturated heterocycles. The molecule has 2 heterocycles. The topological polar surface area (TPSA) is 66.2 Å². The number of carbonyl (C=O) groups is 1. The summed E-state index contributed by atoms with van der Waals surface area (Å²) in [5, 5.41) is 5.28. The molecule has 0 unspecified atom stereocenters. The first kappa shape index (κ1) is 20.3. The largest absolute Gasteiger partial charge is 0.462 e. The average molecular weight is 475 g/mol. The zero-order valence-corrected chi connectivity index (χ0v) is 18.7. The molecule has 25 heavy (non-hydrogen) atoms. The van der Waals surface area contributed by atoms with Crippen LogP contribution in [0.1, 0.15) is 29.8 Å². The van der Waals surface area contributed by atoms with Crippen molar-refractivity contribution in [2.45, 2.75) is 52.7 Å². The number of fused-ring (bicyclic) bond motifs is 1. The Bertz CT molecular complexity index is 756. The number of esters is 1. The Morgan fingerprint density at radius 3 is 2.64 bits per heavy atom. The summed E-state index contributed by atoms with van der Waals surface area (Å²) >= 11 is 2.14. The fourth-order valence-electron chi connectivity index (χ4n) is 2.46. The van der Waals surface area contributed by atoms with Crippen LogP contribution in [0.3, 0.4) is 0 Å². The molecule has 0 amide bonds. The summed E-state index contributed by atoms with van der Waals surface area (Å²) in [6, 6.07) is 1.10. The zero-order chi connectivity index (χ0) is 18.6. The predicted octanol–water partition coefficient (Wildman–Crippen LogP) is 4.09. The molecule has 0 saturated carbocycles. The number of hydrogen-bond acceptors (Lipinski definition) is 5. The van der Waals surface area contributed by atoms with Crippen LogP contribution in [-0.2, 0) is 22.6 Å². The second-order valence-corrected chi connectivity index (χ2v) is 13.7. The summed E-state index contributed by atoms with van der Waals surface area (Å²) < 4.78 is 13.5. The molecule has 0 atom stereocenters. The van der Waals surface area contributed by atoms with E-state index in [9.17, 15) is 4.79 Å². The van der Waals surface area contributed by atoms with Gasteiger partial charge in [-0.15, -0.1) is 0 Å². The molecule has 138 valence electrons. The maximum Gasteiger partial charge on any atom is 0.339 e. The van der Waals surface area contributed by atoms with Gasteiger partial charge in [-0.05, 0) is 47.5 Å². The molecule has 6 nitrogen and oxygen atoms in total. The molecule has 0 aromatic carbocycles. The van der Waals surface area contributed by atoms with E-state index in [1.165, 1.54) is 0 Å². The van der Waals surface area contributed by atoms with Crippen molar-refractivity contribution in [1.29, 1.82) is 0 Å². The van der Waals surface area contributed by atoms with Gasteiger partial charge in [-0.3, -0.25) is 0 Å². The van der Waals surface area contributed by atoms with Crippen LogP contribution < -0.4 is 0 Å². The molecule has 0 N–H and O–H groups in total. The lowest BCUT2D eigenvalue weighted by molar-refractivity contribution is 0.0527. The Morgan fingerprint density at radius 1 is 1.32 bits per heavy atom. The quantitative estimate of drug-likeness (QED) is 0.249. The second kappa shape index (κ2) is 8.59. The van der Waals surface area contributed by atoms with Gasteiger partial charge >= 0.3 is 5.97 Å². The van der Waals surface area contributed by atoms with Gasteiger partial charge in [0, 0.05) is 20.9 Å². The molecule has 0 aliphatic carbocycles. The Kier molecular flexibility index (Phi) is 6.98. The normalized spacial score (nSPS) is 11.9. The lowest BCUT2D eigenvalue weighted by atomic mass is 10.1. The van der Waals surface area contributed by atoms with E-state index in [-0.39, 0.29) is 5.97 Å². The van der Waals surface area contributed by atoms with Crippen LogP contribution in [0.15, 0.2) is 6.20 Å². The van der Waals surface area contributed by atoms with Crippen LogP contribution in [0.5, 0.6) is 0 Å². The van der Waals surface area contributed by atoms with Gasteiger partial charge in [-0.2, -0.15) is 5.10 Å². The molecular formula is C17H26IN3O3Si. The summed E-state index contributed by atoms with van der Waals surface area (Å²) in [6.45, 7) is 12.2. The number of pyridine rings is 1. The van der Waals surface area contributed by atoms with Crippen molar-refractivity contribution in [3.8, 4) is 0 Å². The molecule has 0 aliphatic rings. The van der Waals surface area contributed by atoms with Gasteiger partial charge < -0.3 is 9.47 Å². The standard InChI is InChI=1S/C17H26IN3O3Si/c1-6-12-10-19-16-14(13(12)17(22)24-7-2)15(18)20-21(16)11-23-8-9-25(3,4)5/h10H,6-9,11H2,1-5H3. The van der Waals surface area contributed by atoms with Crippen molar-refractivity contribution >= 4 is 47.7 Å². The second-order valence-electron chi connectivity index (χ2n) is 7.07. The van der Waals surface area contributed by atoms with Gasteiger partial charge in [0.2, 0.25) is 0 Å². The minimum Gasteiger partial charge on any atom is -0.462 e. The molecular weight excluding hydrogens is 449 g/mol. The van der Waals surface area contributed by atoms with Crippen molar-refractivity contribution < 1.29 is 14.3 Å². The van der Waals surface area contributed by atoms with Crippen molar-refractivity contribution in [3.05, 3.63) is 21.0 Å². The SMILES string of the molecule is CCOC(=O)c1c(CC)cnc2c1c(I)nn2COCC[Si](C)(C)C. The molecule has 0 spiro atoms. The van der Waals surface area contributed by atoms with E-state index in [1.807, 2.05) is 13.8 Å². The van der Waals surface area contributed by atoms with E-state index in [4.69, 9.17) is 9.47 Å². The average Bonchev–Trinajstić information content (AvgIpc) is 2.86. The fourth-order valence-corrected chi connectivity index (χ4v) is 3.99. The third-order valence-corrected chi connectivity index (χ3v) is 6.33. The van der Waals surface area contributed by atoms with Crippen molar-refractivity contribution in [2.24, 2.45) is 0 Å². The van der Waals surface area contributed by atoms with E-state index in [0.29, 0.717) is 37.6 Å². The summed E-state index contributed by atoms with van der Waals surface area (Å²) in [6.07, 6.45) is 2.45. The van der Waals surface area contributed by atoms with Gasteiger partial charge in [0.15, 0.2) is 5.65 Å². The molecule has 2 aromatic rings. The fraction of sp³-hybridized carbons (Fsp3) is 0.588. The zero-order valence-electron chi connectivity index (χ0n) is 15.6. The number of nitrogens with zero attached hydrogens (tertiary/aromatic N) is 3. The maximum atomic E-state index is 12.5. The number of ether oxygens (including phenoxy) is 2. The summed E-state index contributed by atoms with van der Waals surface area (Å²) in [5.41, 5.74) is 2.12. The Morgan fingerprint density at radius 2 is 2.04 bits per heavy atom. The lowest BCUT2D eigenvalue weighted by Gasteiger charge is -2.15. The monoisotopic (exact) mass is 475 g/mol. The maximum absolute atomic E-state index is 12.5. The summed E-state index contributed by atoms with van der Waals surface area (Å²) in [4.78, 5) is 17.0. The highest BCUT2D eigenvalue weighted by atomic mass is 127. The molecule has 0 aliphatic heterocycles. The van der Waals surface area contributed by atoms with Gasteiger partial charge in [0.05, 0.1) is 17.6 Å². The van der Waals surface area contributed by atoms with Gasteiger partial charge in [-0.25, -0.2) is 14.5 Å². The molecule has 2 rings (SSSR count). The molecule has 0 radical (unpaired) electrons. The minimum absolute atomic E-state index is 0.316. The molecule has 0 bridgehead atoms. The van der Waals surface area contributed by atoms with E-state index >= 15 is 0 Å². The van der Waals surface area contributed by atoms with E-state index in [1.54, 1.807) is 10.9 Å². The van der Waals surface area contributed by atoms with Gasteiger partial charge in [-0.1, -0.05) is 26.6 Å². The van der Waals surface area contributed by atoms with Crippen LogP contribution >= 0.6 is 22.6 Å². The smallest absolute Gasteiger partial charge is 0.339 e. The van der Waals surface area contributed by atoms with E-state index < -0.39 is 8.07 Å². The third-order valence-electron chi connectivity index (χ3n) is 3.87. The summed E-state index contributed by atoms with van der Waals surface area (Å²) in [7, 11) is -1.12. The van der Waals surface area contributed by atoms with Crippen LogP contribution in [0.2, 0.25) is 25.7 Å². The number of carbonyl (C=O) groups excluding carboxylic acids is 1. The Balaban J connectivity index is 2.33. The van der Waals surface area contributed by atoms with Crippen LogP contribution in [0, 0.1) is 3.70 Å². The summed E-state index contributed by atoms with van der Waals surface area (Å²) in [5.74, 6) is -0.316. The highest BCUT2D eigenvalue weighted by Gasteiger charge is 2.23. The first-order chi connectivity index (χ1) is 11.8. The van der Waals surface area contributed by atoms with Crippen molar-refractivity contribution in [1.82, 2.24) is 14.8 Å². The number of halogens is 1. The predicted molar refractivity (Wildman–Crippen MR) is 110 cm³/mol. The van der Waals surface area contributed by atoms with Crippen molar-refractivity contribution in [2.75, 3.05) is 13.2 Å². The van der Waals surface area contributed by atoms with Gasteiger partial charge in [0.1, 0.15) is 10.4 Å². The highest BCUT2D eigenvalue weighted by Crippen LogP contribution is 2.27. The number of aryl methyl sites for hydroxylation is 1.